The van der Waals surface area contributed by atoms with Gasteiger partial charge in [0.2, 0.25) is 5.91 Å². The van der Waals surface area contributed by atoms with E-state index in [1.54, 1.807) is 6.07 Å². The molecule has 5 heteroatoms. The van der Waals surface area contributed by atoms with Crippen molar-refractivity contribution in [1.82, 2.24) is 5.32 Å². The van der Waals surface area contributed by atoms with Crippen LogP contribution in [0.1, 0.15) is 24.5 Å². The van der Waals surface area contributed by atoms with E-state index in [4.69, 9.17) is 4.74 Å². The van der Waals surface area contributed by atoms with Gasteiger partial charge in [-0.05, 0) is 36.6 Å². The minimum absolute atomic E-state index is 0.0358. The van der Waals surface area contributed by atoms with Gasteiger partial charge in [0.05, 0.1) is 5.69 Å². The molecule has 0 saturated carbocycles. The molecule has 1 aromatic carbocycles. The van der Waals surface area contributed by atoms with Crippen LogP contribution in [-0.4, -0.2) is 25.7 Å². The van der Waals surface area contributed by atoms with Crippen LogP contribution in [0.2, 0.25) is 0 Å². The Balaban J connectivity index is 2.02. The van der Waals surface area contributed by atoms with Gasteiger partial charge in [0, 0.05) is 13.2 Å². The first-order chi connectivity index (χ1) is 9.22. The monoisotopic (exact) mass is 266 g/mol. The molecular formula is C14H19FN2O2. The second-order valence-electron chi connectivity index (χ2n) is 4.59. The SMILES string of the molecule is CCCOCC(=O)Nc1ccc2c(c1F)CCNC2. The first-order valence-corrected chi connectivity index (χ1v) is 6.61. The summed E-state index contributed by atoms with van der Waals surface area (Å²) < 4.78 is 19.3. The molecule has 0 aliphatic carbocycles. The van der Waals surface area contributed by atoms with E-state index in [1.165, 1.54) is 0 Å². The summed E-state index contributed by atoms with van der Waals surface area (Å²) in [4.78, 5) is 11.6. The summed E-state index contributed by atoms with van der Waals surface area (Å²) in [6, 6.07) is 3.46. The number of amides is 1. The summed E-state index contributed by atoms with van der Waals surface area (Å²) in [5.41, 5.74) is 1.90. The molecular weight excluding hydrogens is 247 g/mol. The molecule has 0 bridgehead atoms. The number of hydrogen-bond acceptors (Lipinski definition) is 3. The summed E-state index contributed by atoms with van der Waals surface area (Å²) in [6.45, 7) is 3.91. The Bertz CT molecular complexity index is 463. The molecule has 0 fully saturated rings. The lowest BCUT2D eigenvalue weighted by Crippen LogP contribution is -2.25. The molecule has 1 amide bonds. The van der Waals surface area contributed by atoms with E-state index in [1.807, 2.05) is 13.0 Å². The van der Waals surface area contributed by atoms with Gasteiger partial charge >= 0.3 is 0 Å². The van der Waals surface area contributed by atoms with Crippen molar-refractivity contribution in [2.24, 2.45) is 0 Å². The van der Waals surface area contributed by atoms with Crippen LogP contribution in [0, 0.1) is 5.82 Å². The van der Waals surface area contributed by atoms with Gasteiger partial charge < -0.3 is 15.4 Å². The van der Waals surface area contributed by atoms with Gasteiger partial charge in [-0.25, -0.2) is 4.39 Å². The number of fused-ring (bicyclic) bond motifs is 1. The lowest BCUT2D eigenvalue weighted by atomic mass is 9.99. The third-order valence-electron chi connectivity index (χ3n) is 3.06. The maximum Gasteiger partial charge on any atom is 0.250 e. The van der Waals surface area contributed by atoms with Crippen molar-refractivity contribution in [2.45, 2.75) is 26.3 Å². The minimum atomic E-state index is -0.318. The molecule has 1 heterocycles. The second-order valence-corrected chi connectivity index (χ2v) is 4.59. The average molecular weight is 266 g/mol. The molecule has 2 N–H and O–H groups in total. The van der Waals surface area contributed by atoms with Gasteiger partial charge in [-0.3, -0.25) is 4.79 Å². The Morgan fingerprint density at radius 3 is 3.16 bits per heavy atom. The molecule has 2 rings (SSSR count). The Morgan fingerprint density at radius 1 is 1.53 bits per heavy atom. The highest BCUT2D eigenvalue weighted by atomic mass is 19.1. The van der Waals surface area contributed by atoms with E-state index >= 15 is 0 Å². The zero-order valence-corrected chi connectivity index (χ0v) is 11.1. The molecule has 1 aliphatic heterocycles. The maximum absolute atomic E-state index is 14.2. The quantitative estimate of drug-likeness (QED) is 0.800. The zero-order valence-electron chi connectivity index (χ0n) is 11.1. The highest BCUT2D eigenvalue weighted by Gasteiger charge is 2.17. The number of carbonyl (C=O) groups is 1. The summed E-state index contributed by atoms with van der Waals surface area (Å²) >= 11 is 0. The average Bonchev–Trinajstić information content (AvgIpc) is 2.43. The Kier molecular flexibility index (Phi) is 4.87. The molecule has 19 heavy (non-hydrogen) atoms. The van der Waals surface area contributed by atoms with Crippen LogP contribution in [0.3, 0.4) is 0 Å². The Labute approximate surface area is 112 Å². The predicted molar refractivity (Wildman–Crippen MR) is 71.6 cm³/mol. The van der Waals surface area contributed by atoms with Crippen molar-refractivity contribution in [3.8, 4) is 0 Å². The fourth-order valence-corrected chi connectivity index (χ4v) is 2.13. The van der Waals surface area contributed by atoms with E-state index < -0.39 is 0 Å². The highest BCUT2D eigenvalue weighted by molar-refractivity contribution is 5.92. The van der Waals surface area contributed by atoms with Crippen LogP contribution >= 0.6 is 0 Å². The second kappa shape index (κ2) is 6.63. The number of benzene rings is 1. The first kappa shape index (κ1) is 14.0. The summed E-state index contributed by atoms with van der Waals surface area (Å²) in [5, 5.41) is 5.75. The van der Waals surface area contributed by atoms with Crippen molar-refractivity contribution in [1.29, 1.82) is 0 Å². The molecule has 0 radical (unpaired) electrons. The topological polar surface area (TPSA) is 50.4 Å². The van der Waals surface area contributed by atoms with Crippen LogP contribution in [0.5, 0.6) is 0 Å². The number of halogens is 1. The van der Waals surface area contributed by atoms with Crippen molar-refractivity contribution in [3.05, 3.63) is 29.1 Å². The molecule has 0 aromatic heterocycles. The van der Waals surface area contributed by atoms with E-state index in [0.29, 0.717) is 25.1 Å². The van der Waals surface area contributed by atoms with Crippen molar-refractivity contribution >= 4 is 11.6 Å². The van der Waals surface area contributed by atoms with E-state index in [-0.39, 0.29) is 24.0 Å². The number of carbonyl (C=O) groups excluding carboxylic acids is 1. The van der Waals surface area contributed by atoms with Crippen molar-refractivity contribution < 1.29 is 13.9 Å². The molecule has 0 spiro atoms. The summed E-state index contributed by atoms with van der Waals surface area (Å²) in [6.07, 6.45) is 1.50. The summed E-state index contributed by atoms with van der Waals surface area (Å²) in [7, 11) is 0. The largest absolute Gasteiger partial charge is 0.372 e. The molecule has 0 unspecified atom stereocenters. The number of anilines is 1. The molecule has 104 valence electrons. The predicted octanol–water partition coefficient (Wildman–Crippen LogP) is 1.84. The molecule has 1 aromatic rings. The number of hydrogen-bond donors (Lipinski definition) is 2. The molecule has 1 aliphatic rings. The number of ether oxygens (including phenoxy) is 1. The zero-order chi connectivity index (χ0) is 13.7. The van der Waals surface area contributed by atoms with Gasteiger partial charge in [-0.2, -0.15) is 0 Å². The number of rotatable bonds is 5. The minimum Gasteiger partial charge on any atom is -0.372 e. The summed E-state index contributed by atoms with van der Waals surface area (Å²) in [5.74, 6) is -0.635. The third kappa shape index (κ3) is 3.52. The fourth-order valence-electron chi connectivity index (χ4n) is 2.13. The lowest BCUT2D eigenvalue weighted by molar-refractivity contribution is -0.120. The molecule has 4 nitrogen and oxygen atoms in total. The maximum atomic E-state index is 14.2. The lowest BCUT2D eigenvalue weighted by Gasteiger charge is -2.19. The van der Waals surface area contributed by atoms with Crippen LogP contribution < -0.4 is 10.6 Å². The van der Waals surface area contributed by atoms with Gasteiger partial charge in [0.1, 0.15) is 12.4 Å². The van der Waals surface area contributed by atoms with Gasteiger partial charge in [-0.15, -0.1) is 0 Å². The first-order valence-electron chi connectivity index (χ1n) is 6.61. The Morgan fingerprint density at radius 2 is 2.37 bits per heavy atom. The normalized spacial score (nSPS) is 14.0. The third-order valence-corrected chi connectivity index (χ3v) is 3.06. The van der Waals surface area contributed by atoms with Crippen molar-refractivity contribution in [2.75, 3.05) is 25.1 Å². The van der Waals surface area contributed by atoms with Crippen LogP contribution in [0.4, 0.5) is 10.1 Å². The number of nitrogens with one attached hydrogen (secondary N) is 2. The molecule has 0 saturated heterocycles. The van der Waals surface area contributed by atoms with E-state index in [0.717, 1.165) is 18.5 Å². The van der Waals surface area contributed by atoms with Crippen LogP contribution in [0.15, 0.2) is 12.1 Å². The van der Waals surface area contributed by atoms with Crippen LogP contribution in [0.25, 0.3) is 0 Å². The van der Waals surface area contributed by atoms with Gasteiger partial charge in [-0.1, -0.05) is 13.0 Å². The van der Waals surface area contributed by atoms with Crippen LogP contribution in [-0.2, 0) is 22.5 Å². The fraction of sp³-hybridized carbons (Fsp3) is 0.500. The van der Waals surface area contributed by atoms with Gasteiger partial charge in [0.15, 0.2) is 0 Å². The Hall–Kier alpha value is -1.46. The van der Waals surface area contributed by atoms with Gasteiger partial charge in [0.25, 0.3) is 0 Å². The highest BCUT2D eigenvalue weighted by Crippen LogP contribution is 2.24. The standard InChI is InChI=1S/C14H19FN2O2/c1-2-7-19-9-13(18)17-12-4-3-10-8-16-6-5-11(10)14(12)15/h3-4,16H,2,5-9H2,1H3,(H,17,18). The smallest absolute Gasteiger partial charge is 0.250 e. The van der Waals surface area contributed by atoms with E-state index in [9.17, 15) is 9.18 Å². The van der Waals surface area contributed by atoms with E-state index in [2.05, 4.69) is 10.6 Å². The van der Waals surface area contributed by atoms with Crippen molar-refractivity contribution in [3.63, 3.8) is 0 Å². The molecule has 0 atom stereocenters.